The summed E-state index contributed by atoms with van der Waals surface area (Å²) in [5.74, 6) is 0.573. The Kier molecular flexibility index (Phi) is 3.71. The third-order valence-electron chi connectivity index (χ3n) is 2.42. The molecule has 0 aromatic carbocycles. The fourth-order valence-corrected chi connectivity index (χ4v) is 3.64. The first-order valence-corrected chi connectivity index (χ1v) is 7.93. The molecule has 104 valence electrons. The van der Waals surface area contributed by atoms with E-state index in [0.29, 0.717) is 17.4 Å². The summed E-state index contributed by atoms with van der Waals surface area (Å²) < 4.78 is 29.3. The van der Waals surface area contributed by atoms with Crippen molar-refractivity contribution in [1.29, 1.82) is 0 Å². The number of aromatic nitrogens is 4. The van der Waals surface area contributed by atoms with Gasteiger partial charge in [-0.25, -0.2) is 13.4 Å². The van der Waals surface area contributed by atoms with Gasteiger partial charge in [-0.2, -0.15) is 9.47 Å². The van der Waals surface area contributed by atoms with Crippen LogP contribution < -0.4 is 11.1 Å². The molecule has 3 N–H and O–H groups in total. The molecule has 0 atom stereocenters. The van der Waals surface area contributed by atoms with Gasteiger partial charge in [0.2, 0.25) is 0 Å². The average Bonchev–Trinajstić information content (AvgIpc) is 2.93. The number of nitrogens with two attached hydrogens (primary N) is 1. The molecule has 19 heavy (non-hydrogen) atoms. The fraction of sp³-hybridized carbons (Fsp3) is 0.444. The minimum Gasteiger partial charge on any atom is -0.382 e. The summed E-state index contributed by atoms with van der Waals surface area (Å²) in [5.41, 5.74) is 5.62. The molecule has 0 fully saturated rings. The minimum atomic E-state index is -3.40. The molecule has 2 rings (SSSR count). The van der Waals surface area contributed by atoms with E-state index in [1.807, 2.05) is 0 Å². The van der Waals surface area contributed by atoms with Crippen LogP contribution in [0.2, 0.25) is 0 Å². The predicted molar refractivity (Wildman–Crippen MR) is 72.6 cm³/mol. The summed E-state index contributed by atoms with van der Waals surface area (Å²) >= 11 is 1.02. The quantitative estimate of drug-likeness (QED) is 0.813. The Morgan fingerprint density at radius 1 is 1.53 bits per heavy atom. The zero-order chi connectivity index (χ0) is 14.0. The van der Waals surface area contributed by atoms with Crippen LogP contribution in [-0.2, 0) is 23.4 Å². The van der Waals surface area contributed by atoms with E-state index in [-0.39, 0.29) is 16.5 Å². The van der Waals surface area contributed by atoms with E-state index < -0.39 is 9.84 Å². The average molecular weight is 302 g/mol. The van der Waals surface area contributed by atoms with Crippen LogP contribution in [0.15, 0.2) is 11.2 Å². The number of rotatable bonds is 5. The lowest BCUT2D eigenvalue weighted by Gasteiger charge is -2.05. The predicted octanol–water partition coefficient (Wildman–Crippen LogP) is 0.259. The third-order valence-corrected chi connectivity index (χ3v) is 5.16. The molecule has 0 radical (unpaired) electrons. The van der Waals surface area contributed by atoms with Crippen molar-refractivity contribution in [1.82, 2.24) is 19.1 Å². The summed E-state index contributed by atoms with van der Waals surface area (Å²) in [4.78, 5) is 4.11. The van der Waals surface area contributed by atoms with Crippen LogP contribution in [0, 0.1) is 0 Å². The minimum absolute atomic E-state index is 0.0217. The summed E-state index contributed by atoms with van der Waals surface area (Å²) in [6.07, 6.45) is 1.57. The Labute approximate surface area is 114 Å². The van der Waals surface area contributed by atoms with E-state index in [1.54, 1.807) is 25.0 Å². The molecular weight excluding hydrogens is 288 g/mol. The monoisotopic (exact) mass is 302 g/mol. The SMILES string of the molecule is CCS(=O)(=O)c1c(N)nsc1NCc1ncn(C)n1. The fourth-order valence-electron chi connectivity index (χ4n) is 1.48. The Balaban J connectivity index is 2.22. The maximum atomic E-state index is 11.9. The molecule has 0 saturated heterocycles. The Bertz CT molecular complexity index is 675. The third kappa shape index (κ3) is 2.84. The number of hydrogen-bond acceptors (Lipinski definition) is 8. The topological polar surface area (TPSA) is 116 Å². The summed E-state index contributed by atoms with van der Waals surface area (Å²) in [6.45, 7) is 1.88. The highest BCUT2D eigenvalue weighted by molar-refractivity contribution is 7.91. The van der Waals surface area contributed by atoms with E-state index in [0.717, 1.165) is 11.5 Å². The van der Waals surface area contributed by atoms with Crippen molar-refractivity contribution in [2.45, 2.75) is 18.4 Å². The number of sulfone groups is 1. The van der Waals surface area contributed by atoms with E-state index in [2.05, 4.69) is 19.8 Å². The maximum absolute atomic E-state index is 11.9. The zero-order valence-corrected chi connectivity index (χ0v) is 12.1. The number of nitrogen functional groups attached to an aromatic ring is 1. The molecule has 0 amide bonds. The van der Waals surface area contributed by atoms with Crippen molar-refractivity contribution in [3.8, 4) is 0 Å². The molecule has 8 nitrogen and oxygen atoms in total. The van der Waals surface area contributed by atoms with Gasteiger partial charge in [0.25, 0.3) is 0 Å². The molecule has 0 unspecified atom stereocenters. The highest BCUT2D eigenvalue weighted by atomic mass is 32.2. The lowest BCUT2D eigenvalue weighted by Crippen LogP contribution is -2.09. The summed E-state index contributed by atoms with van der Waals surface area (Å²) in [5, 5.41) is 7.48. The lowest BCUT2D eigenvalue weighted by atomic mass is 10.5. The van der Waals surface area contributed by atoms with Gasteiger partial charge < -0.3 is 11.1 Å². The number of nitrogens with one attached hydrogen (secondary N) is 1. The summed E-state index contributed by atoms with van der Waals surface area (Å²) in [7, 11) is -1.64. The number of nitrogens with zero attached hydrogens (tertiary/aromatic N) is 4. The maximum Gasteiger partial charge on any atom is 0.184 e. The van der Waals surface area contributed by atoms with Crippen molar-refractivity contribution in [3.05, 3.63) is 12.2 Å². The second-order valence-electron chi connectivity index (χ2n) is 3.82. The molecule has 0 saturated carbocycles. The molecule has 2 heterocycles. The van der Waals surface area contributed by atoms with Crippen molar-refractivity contribution in [2.75, 3.05) is 16.8 Å². The second-order valence-corrected chi connectivity index (χ2v) is 6.81. The molecule has 10 heteroatoms. The van der Waals surface area contributed by atoms with Crippen molar-refractivity contribution < 1.29 is 8.42 Å². The Morgan fingerprint density at radius 2 is 2.26 bits per heavy atom. The Morgan fingerprint density at radius 3 is 2.84 bits per heavy atom. The van der Waals surface area contributed by atoms with Gasteiger partial charge in [-0.3, -0.25) is 4.68 Å². The first kappa shape index (κ1) is 13.7. The lowest BCUT2D eigenvalue weighted by molar-refractivity contribution is 0.598. The van der Waals surface area contributed by atoms with Gasteiger partial charge in [0.1, 0.15) is 16.2 Å². The first-order valence-electron chi connectivity index (χ1n) is 5.50. The number of anilines is 2. The molecular formula is C9H14N6O2S2. The van der Waals surface area contributed by atoms with Crippen LogP contribution >= 0.6 is 11.5 Å². The Hall–Kier alpha value is -1.68. The van der Waals surface area contributed by atoms with Crippen molar-refractivity contribution in [2.24, 2.45) is 7.05 Å². The number of hydrogen-bond donors (Lipinski definition) is 2. The molecule has 0 aliphatic carbocycles. The molecule has 0 bridgehead atoms. The van der Waals surface area contributed by atoms with Crippen LogP contribution in [-0.4, -0.2) is 33.3 Å². The zero-order valence-electron chi connectivity index (χ0n) is 10.5. The molecule has 2 aromatic rings. The summed E-state index contributed by atoms with van der Waals surface area (Å²) in [6, 6.07) is 0. The van der Waals surface area contributed by atoms with Crippen LogP contribution in [0.5, 0.6) is 0 Å². The standard InChI is InChI=1S/C9H14N6O2S2/c1-3-19(16,17)7-8(10)14-18-9(7)11-4-6-12-5-15(2)13-6/h5,11H,3-4H2,1-2H3,(H2,10,14). The number of aryl methyl sites for hydroxylation is 1. The van der Waals surface area contributed by atoms with E-state index >= 15 is 0 Å². The van der Waals surface area contributed by atoms with Crippen molar-refractivity contribution in [3.63, 3.8) is 0 Å². The molecule has 0 aliphatic rings. The van der Waals surface area contributed by atoms with E-state index in [9.17, 15) is 8.42 Å². The molecule has 0 spiro atoms. The van der Waals surface area contributed by atoms with Gasteiger partial charge in [-0.1, -0.05) is 6.92 Å². The van der Waals surface area contributed by atoms with Gasteiger partial charge in [0.15, 0.2) is 21.5 Å². The largest absolute Gasteiger partial charge is 0.382 e. The van der Waals surface area contributed by atoms with E-state index in [4.69, 9.17) is 5.73 Å². The van der Waals surface area contributed by atoms with Crippen LogP contribution in [0.1, 0.15) is 12.7 Å². The van der Waals surface area contributed by atoms with Gasteiger partial charge in [-0.15, -0.1) is 0 Å². The van der Waals surface area contributed by atoms with E-state index in [1.165, 1.54) is 0 Å². The first-order chi connectivity index (χ1) is 8.94. The highest BCUT2D eigenvalue weighted by Gasteiger charge is 2.23. The van der Waals surface area contributed by atoms with Crippen LogP contribution in [0.4, 0.5) is 10.8 Å². The van der Waals surface area contributed by atoms with Crippen molar-refractivity contribution >= 4 is 32.2 Å². The molecule has 0 aliphatic heterocycles. The smallest absolute Gasteiger partial charge is 0.184 e. The van der Waals surface area contributed by atoms with Crippen LogP contribution in [0.3, 0.4) is 0 Å². The normalized spacial score (nSPS) is 11.7. The van der Waals surface area contributed by atoms with Gasteiger partial charge in [-0.05, 0) is 11.5 Å². The van der Waals surface area contributed by atoms with Crippen LogP contribution in [0.25, 0.3) is 0 Å². The van der Waals surface area contributed by atoms with Gasteiger partial charge >= 0.3 is 0 Å². The van der Waals surface area contributed by atoms with Gasteiger partial charge in [0.05, 0.1) is 12.3 Å². The second kappa shape index (κ2) is 5.13. The molecule has 2 aromatic heterocycles. The van der Waals surface area contributed by atoms with Gasteiger partial charge in [0, 0.05) is 7.05 Å². The highest BCUT2D eigenvalue weighted by Crippen LogP contribution is 2.32.